The average Bonchev–Trinajstić information content (AvgIpc) is 3.37. The highest BCUT2D eigenvalue weighted by atomic mass is 32.2. The molecule has 2 aromatic rings. The van der Waals surface area contributed by atoms with Gasteiger partial charge in [0.2, 0.25) is 10.0 Å². The van der Waals surface area contributed by atoms with Crippen molar-refractivity contribution in [1.29, 1.82) is 5.26 Å². The molecule has 1 aromatic heterocycles. The molecule has 34 heavy (non-hydrogen) atoms. The molecular formula is C23H27N5O5S. The Kier molecular flexibility index (Phi) is 7.43. The summed E-state index contributed by atoms with van der Waals surface area (Å²) in [4.78, 5) is 17.2. The van der Waals surface area contributed by atoms with Crippen LogP contribution in [-0.2, 0) is 19.5 Å². The number of morpholine rings is 1. The van der Waals surface area contributed by atoms with Gasteiger partial charge in [-0.2, -0.15) is 9.57 Å². The van der Waals surface area contributed by atoms with Gasteiger partial charge in [-0.05, 0) is 50.1 Å². The third-order valence-corrected chi connectivity index (χ3v) is 7.72. The van der Waals surface area contributed by atoms with E-state index in [4.69, 9.17) is 14.7 Å². The van der Waals surface area contributed by atoms with Crippen LogP contribution in [0.15, 0.2) is 35.2 Å². The molecule has 1 aromatic carbocycles. The Bertz CT molecular complexity index is 1200. The SMILES string of the molecule is Cc1nc(C(=O)Nc2cc(S(=O)(=O)N3CCOCC3)ccc2NCC2CCCO2)ccc1C#N. The van der Waals surface area contributed by atoms with E-state index in [2.05, 4.69) is 15.6 Å². The number of aryl methyl sites for hydroxylation is 1. The molecule has 2 fully saturated rings. The first-order chi connectivity index (χ1) is 16.4. The van der Waals surface area contributed by atoms with Crippen LogP contribution in [-0.4, -0.2) is 69.2 Å². The standard InChI is InChI=1S/C23H27N5O5S/c1-16-17(14-24)4-6-21(26-16)23(29)27-22-13-19(34(30,31)28-8-11-32-12-9-28)5-7-20(22)25-15-18-3-2-10-33-18/h4-7,13,18,25H,2-3,8-12,15H2,1H3,(H,27,29). The van der Waals surface area contributed by atoms with Crippen molar-refractivity contribution in [3.05, 3.63) is 47.3 Å². The number of nitrogens with zero attached hydrogens (tertiary/aromatic N) is 3. The number of carbonyl (C=O) groups is 1. The van der Waals surface area contributed by atoms with Crippen molar-refractivity contribution in [3.63, 3.8) is 0 Å². The normalized spacial score (nSPS) is 18.9. The third-order valence-electron chi connectivity index (χ3n) is 5.83. The van der Waals surface area contributed by atoms with Crippen LogP contribution in [0.2, 0.25) is 0 Å². The second-order valence-corrected chi connectivity index (χ2v) is 10.1. The van der Waals surface area contributed by atoms with E-state index in [-0.39, 0.29) is 29.8 Å². The minimum absolute atomic E-state index is 0.0585. The van der Waals surface area contributed by atoms with Crippen molar-refractivity contribution in [2.75, 3.05) is 50.1 Å². The van der Waals surface area contributed by atoms with E-state index in [0.29, 0.717) is 42.4 Å². The fourth-order valence-electron chi connectivity index (χ4n) is 3.90. The van der Waals surface area contributed by atoms with Gasteiger partial charge >= 0.3 is 0 Å². The third kappa shape index (κ3) is 5.37. The maximum Gasteiger partial charge on any atom is 0.274 e. The molecule has 3 heterocycles. The van der Waals surface area contributed by atoms with Crippen LogP contribution in [0, 0.1) is 18.3 Å². The topological polar surface area (TPSA) is 134 Å². The molecule has 2 aliphatic rings. The number of pyridine rings is 1. The summed E-state index contributed by atoms with van der Waals surface area (Å²) in [6, 6.07) is 9.66. The Balaban J connectivity index is 1.62. The summed E-state index contributed by atoms with van der Waals surface area (Å²) in [5.41, 5.74) is 1.85. The maximum absolute atomic E-state index is 13.2. The molecule has 2 N–H and O–H groups in total. The number of nitrogens with one attached hydrogen (secondary N) is 2. The van der Waals surface area contributed by atoms with E-state index in [1.54, 1.807) is 13.0 Å². The fourth-order valence-corrected chi connectivity index (χ4v) is 5.33. The highest BCUT2D eigenvalue weighted by Crippen LogP contribution is 2.29. The first-order valence-corrected chi connectivity index (χ1v) is 12.6. The molecule has 0 saturated carbocycles. The molecule has 0 radical (unpaired) electrons. The molecule has 0 bridgehead atoms. The molecule has 0 aliphatic carbocycles. The van der Waals surface area contributed by atoms with Crippen molar-refractivity contribution in [2.24, 2.45) is 0 Å². The van der Waals surface area contributed by atoms with Gasteiger partial charge in [0.15, 0.2) is 0 Å². The lowest BCUT2D eigenvalue weighted by atomic mass is 10.2. The van der Waals surface area contributed by atoms with Gasteiger partial charge in [0.25, 0.3) is 5.91 Å². The number of hydrogen-bond acceptors (Lipinski definition) is 8. The summed E-state index contributed by atoms with van der Waals surface area (Å²) < 4.78 is 38.6. The summed E-state index contributed by atoms with van der Waals surface area (Å²) in [5.74, 6) is -0.506. The Labute approximate surface area is 198 Å². The molecule has 2 saturated heterocycles. The number of rotatable bonds is 7. The van der Waals surface area contributed by atoms with Crippen molar-refractivity contribution in [1.82, 2.24) is 9.29 Å². The maximum atomic E-state index is 13.2. The summed E-state index contributed by atoms with van der Waals surface area (Å²) in [6.07, 6.45) is 1.99. The number of benzene rings is 1. The average molecular weight is 486 g/mol. The smallest absolute Gasteiger partial charge is 0.274 e. The lowest BCUT2D eigenvalue weighted by Crippen LogP contribution is -2.40. The summed E-state index contributed by atoms with van der Waals surface area (Å²) >= 11 is 0. The van der Waals surface area contributed by atoms with Gasteiger partial charge in [0.1, 0.15) is 11.8 Å². The van der Waals surface area contributed by atoms with Gasteiger partial charge < -0.3 is 20.1 Å². The predicted octanol–water partition coefficient (Wildman–Crippen LogP) is 2.13. The van der Waals surface area contributed by atoms with Crippen LogP contribution < -0.4 is 10.6 Å². The van der Waals surface area contributed by atoms with Gasteiger partial charge in [-0.15, -0.1) is 0 Å². The number of anilines is 2. The number of amides is 1. The largest absolute Gasteiger partial charge is 0.381 e. The van der Waals surface area contributed by atoms with E-state index in [1.165, 1.54) is 28.6 Å². The van der Waals surface area contributed by atoms with Crippen LogP contribution in [0.4, 0.5) is 11.4 Å². The van der Waals surface area contributed by atoms with Crippen molar-refractivity contribution < 1.29 is 22.7 Å². The zero-order chi connectivity index (χ0) is 24.1. The van der Waals surface area contributed by atoms with Crippen LogP contribution >= 0.6 is 0 Å². The van der Waals surface area contributed by atoms with Gasteiger partial charge in [-0.25, -0.2) is 13.4 Å². The van der Waals surface area contributed by atoms with Crippen LogP contribution in [0.5, 0.6) is 0 Å². The summed E-state index contributed by atoms with van der Waals surface area (Å²) in [5, 5.41) is 15.2. The van der Waals surface area contributed by atoms with Crippen molar-refractivity contribution in [2.45, 2.75) is 30.8 Å². The molecule has 1 atom stereocenters. The lowest BCUT2D eigenvalue weighted by molar-refractivity contribution is 0.0730. The fraction of sp³-hybridized carbons (Fsp3) is 0.435. The number of nitriles is 1. The predicted molar refractivity (Wildman–Crippen MR) is 125 cm³/mol. The van der Waals surface area contributed by atoms with Gasteiger partial charge in [0.05, 0.1) is 46.8 Å². The van der Waals surface area contributed by atoms with Crippen molar-refractivity contribution in [3.8, 4) is 6.07 Å². The molecule has 1 amide bonds. The minimum atomic E-state index is -3.75. The van der Waals surface area contributed by atoms with Crippen molar-refractivity contribution >= 4 is 27.3 Å². The minimum Gasteiger partial charge on any atom is -0.381 e. The van der Waals surface area contributed by atoms with E-state index in [9.17, 15) is 13.2 Å². The Morgan fingerprint density at radius 1 is 1.21 bits per heavy atom. The first kappa shape index (κ1) is 24.1. The number of sulfonamides is 1. The molecule has 180 valence electrons. The molecule has 2 aliphatic heterocycles. The Morgan fingerprint density at radius 2 is 2.00 bits per heavy atom. The zero-order valence-electron chi connectivity index (χ0n) is 18.9. The highest BCUT2D eigenvalue weighted by molar-refractivity contribution is 7.89. The second-order valence-electron chi connectivity index (χ2n) is 8.14. The van der Waals surface area contributed by atoms with Crippen LogP contribution in [0.1, 0.15) is 34.6 Å². The molecule has 10 nitrogen and oxygen atoms in total. The Morgan fingerprint density at radius 3 is 2.68 bits per heavy atom. The Hall–Kier alpha value is -3.04. The summed E-state index contributed by atoms with van der Waals surface area (Å²) in [7, 11) is -3.75. The summed E-state index contributed by atoms with van der Waals surface area (Å²) in [6.45, 7) is 4.14. The number of carbonyl (C=O) groups excluding carboxylic acids is 1. The lowest BCUT2D eigenvalue weighted by Gasteiger charge is -2.26. The molecular weight excluding hydrogens is 458 g/mol. The highest BCUT2D eigenvalue weighted by Gasteiger charge is 2.27. The van der Waals surface area contributed by atoms with Crippen LogP contribution in [0.3, 0.4) is 0 Å². The molecule has 4 rings (SSSR count). The number of aromatic nitrogens is 1. The van der Waals surface area contributed by atoms with Gasteiger partial charge in [-0.3, -0.25) is 4.79 Å². The molecule has 11 heteroatoms. The van der Waals surface area contributed by atoms with Gasteiger partial charge in [0, 0.05) is 26.2 Å². The molecule has 0 spiro atoms. The monoisotopic (exact) mass is 485 g/mol. The number of hydrogen-bond donors (Lipinski definition) is 2. The van der Waals surface area contributed by atoms with Gasteiger partial charge in [-0.1, -0.05) is 0 Å². The van der Waals surface area contributed by atoms with Crippen LogP contribution in [0.25, 0.3) is 0 Å². The number of ether oxygens (including phenoxy) is 2. The zero-order valence-corrected chi connectivity index (χ0v) is 19.7. The van der Waals surface area contributed by atoms with E-state index in [1.807, 2.05) is 6.07 Å². The molecule has 1 unspecified atom stereocenters. The first-order valence-electron chi connectivity index (χ1n) is 11.1. The van der Waals surface area contributed by atoms with E-state index >= 15 is 0 Å². The quantitative estimate of drug-likeness (QED) is 0.609. The van der Waals surface area contributed by atoms with E-state index < -0.39 is 15.9 Å². The van der Waals surface area contributed by atoms with E-state index in [0.717, 1.165) is 19.4 Å². The second kappa shape index (κ2) is 10.5.